The largest absolute Gasteiger partial charge is 0.457 e. The van der Waals surface area contributed by atoms with Crippen molar-refractivity contribution < 1.29 is 4.42 Å². The summed E-state index contributed by atoms with van der Waals surface area (Å²) in [4.78, 5) is 2.48. The normalized spacial score (nSPS) is 14.8. The number of fused-ring (bicyclic) bond motifs is 6. The van der Waals surface area contributed by atoms with Crippen LogP contribution in [0.15, 0.2) is 266 Å². The second-order valence-corrected chi connectivity index (χ2v) is 18.9. The minimum absolute atomic E-state index is 0.206. The van der Waals surface area contributed by atoms with E-state index in [0.29, 0.717) is 0 Å². The summed E-state index contributed by atoms with van der Waals surface area (Å²) in [5, 5.41) is 3.57. The van der Waals surface area contributed by atoms with Crippen molar-refractivity contribution in [3.63, 3.8) is 0 Å². The number of aromatic nitrogens is 1. The maximum Gasteiger partial charge on any atom is 0.134 e. The van der Waals surface area contributed by atoms with Crippen LogP contribution in [-0.2, 0) is 5.41 Å². The van der Waals surface area contributed by atoms with Gasteiger partial charge in [0, 0.05) is 45.2 Å². The first kappa shape index (κ1) is 47.0. The molecule has 0 fully saturated rings. The molecule has 352 valence electrons. The van der Waals surface area contributed by atoms with E-state index in [9.17, 15) is 0 Å². The van der Waals surface area contributed by atoms with Crippen LogP contribution in [0.2, 0.25) is 0 Å². The zero-order chi connectivity index (χ0) is 49.8. The van der Waals surface area contributed by atoms with Gasteiger partial charge in [-0.1, -0.05) is 192 Å². The molecule has 3 heteroatoms. The van der Waals surface area contributed by atoms with Crippen molar-refractivity contribution in [3.8, 4) is 27.9 Å². The minimum Gasteiger partial charge on any atom is -0.457 e. The number of para-hydroxylation sites is 1. The summed E-state index contributed by atoms with van der Waals surface area (Å²) >= 11 is 0. The van der Waals surface area contributed by atoms with Crippen LogP contribution in [0.4, 0.5) is 5.69 Å². The van der Waals surface area contributed by atoms with Crippen molar-refractivity contribution in [3.05, 3.63) is 284 Å². The van der Waals surface area contributed by atoms with Gasteiger partial charge in [-0.15, -0.1) is 0 Å². The fourth-order valence-corrected chi connectivity index (χ4v) is 10.7. The average molecular weight is 933 g/mol. The van der Waals surface area contributed by atoms with Crippen LogP contribution in [0.5, 0.6) is 0 Å². The molecule has 10 rings (SSSR count). The zero-order valence-electron chi connectivity index (χ0n) is 41.6. The summed E-state index contributed by atoms with van der Waals surface area (Å²) in [7, 11) is 0. The summed E-state index contributed by atoms with van der Waals surface area (Å²) in [6, 6.07) is 49.2. The van der Waals surface area contributed by atoms with Gasteiger partial charge >= 0.3 is 0 Å². The van der Waals surface area contributed by atoms with Gasteiger partial charge in [-0.3, -0.25) is 0 Å². The Hall–Kier alpha value is -8.66. The Balaban J connectivity index is 0.959. The van der Waals surface area contributed by atoms with E-state index in [4.69, 9.17) is 4.42 Å². The standard InChI is InChI=1S/C69H60N2O/c1-8-13-15-16-21-48-26-34-56(35-27-48)70(42-19-22-50(12-5)49(11-4)20-10-3)57-36-38-60-61-39-37-58(47-65(61)69(6,7)64(60)46-57)71-66-25-18-17-24-62(66)63-45-54(32-40-67(63)71)52-30-28-51(29-31-52)53-33-41-68-55(43-53)44-59(72-68)23-14-9-2/h8-35,37,39-41,43-47H,1-4,36,38,42H2,5-7H3. The number of anilines is 1. The van der Waals surface area contributed by atoms with Crippen LogP contribution < -0.4 is 4.90 Å². The summed E-state index contributed by atoms with van der Waals surface area (Å²) in [6.45, 7) is 23.1. The first-order valence-electron chi connectivity index (χ1n) is 24.9. The maximum absolute atomic E-state index is 6.00. The van der Waals surface area contributed by atoms with Crippen molar-refractivity contribution in [2.45, 2.75) is 39.0 Å². The van der Waals surface area contributed by atoms with Crippen LogP contribution in [-0.4, -0.2) is 11.1 Å². The van der Waals surface area contributed by atoms with Crippen molar-refractivity contribution in [1.29, 1.82) is 0 Å². The highest BCUT2D eigenvalue weighted by molar-refractivity contribution is 6.10. The quantitative estimate of drug-likeness (QED) is 0.0901. The lowest BCUT2D eigenvalue weighted by Crippen LogP contribution is -2.26. The lowest BCUT2D eigenvalue weighted by molar-refractivity contribution is 0.604. The third-order valence-corrected chi connectivity index (χ3v) is 14.3. The predicted molar refractivity (Wildman–Crippen MR) is 311 cm³/mol. The molecule has 0 saturated heterocycles. The Kier molecular flexibility index (Phi) is 13.3. The van der Waals surface area contributed by atoms with Gasteiger partial charge in [0.1, 0.15) is 11.3 Å². The zero-order valence-corrected chi connectivity index (χ0v) is 41.6. The van der Waals surface area contributed by atoms with Crippen LogP contribution in [0, 0.1) is 0 Å². The summed E-state index contributed by atoms with van der Waals surface area (Å²) in [5.74, 6) is 0.819. The Morgan fingerprint density at radius 3 is 2.15 bits per heavy atom. The molecular weight excluding hydrogens is 873 g/mol. The summed E-state index contributed by atoms with van der Waals surface area (Å²) < 4.78 is 8.45. The Morgan fingerprint density at radius 1 is 0.667 bits per heavy atom. The topological polar surface area (TPSA) is 21.3 Å². The first-order valence-corrected chi connectivity index (χ1v) is 24.9. The Labute approximate surface area is 425 Å². The lowest BCUT2D eigenvalue weighted by Gasteiger charge is -2.32. The molecule has 0 spiro atoms. The monoisotopic (exact) mass is 932 g/mol. The number of allylic oxidation sites excluding steroid dienone is 17. The second kappa shape index (κ2) is 20.4. The molecule has 0 amide bonds. The van der Waals surface area contributed by atoms with Gasteiger partial charge in [0.2, 0.25) is 0 Å². The van der Waals surface area contributed by atoms with E-state index in [1.807, 2.05) is 42.5 Å². The third-order valence-electron chi connectivity index (χ3n) is 14.3. The van der Waals surface area contributed by atoms with Crippen molar-refractivity contribution >= 4 is 56.2 Å². The molecule has 8 aromatic rings. The van der Waals surface area contributed by atoms with Crippen molar-refractivity contribution in [1.82, 2.24) is 4.57 Å². The van der Waals surface area contributed by atoms with E-state index in [-0.39, 0.29) is 5.41 Å². The lowest BCUT2D eigenvalue weighted by atomic mass is 9.79. The number of hydrogen-bond donors (Lipinski definition) is 0. The average Bonchev–Trinajstić information content (AvgIpc) is 4.05. The molecule has 2 aromatic heterocycles. The van der Waals surface area contributed by atoms with E-state index < -0.39 is 0 Å². The first-order chi connectivity index (χ1) is 35.2. The fraction of sp³-hybridized carbons (Fsp3) is 0.101. The molecule has 72 heavy (non-hydrogen) atoms. The van der Waals surface area contributed by atoms with Gasteiger partial charge < -0.3 is 13.9 Å². The summed E-state index contributed by atoms with van der Waals surface area (Å²) in [5.41, 5.74) is 20.4. The highest BCUT2D eigenvalue weighted by atomic mass is 16.3. The van der Waals surface area contributed by atoms with E-state index in [1.165, 1.54) is 77.8 Å². The smallest absolute Gasteiger partial charge is 0.134 e. The van der Waals surface area contributed by atoms with Gasteiger partial charge in [-0.05, 0) is 154 Å². The molecule has 2 aliphatic carbocycles. The molecule has 0 N–H and O–H groups in total. The van der Waals surface area contributed by atoms with Gasteiger partial charge in [0.05, 0.1) is 11.0 Å². The number of furan rings is 1. The molecule has 0 atom stereocenters. The third kappa shape index (κ3) is 9.02. The van der Waals surface area contributed by atoms with E-state index >= 15 is 0 Å². The highest BCUT2D eigenvalue weighted by Gasteiger charge is 2.39. The predicted octanol–water partition coefficient (Wildman–Crippen LogP) is 18.8. The molecule has 2 heterocycles. The van der Waals surface area contributed by atoms with Gasteiger partial charge in [-0.25, -0.2) is 0 Å². The van der Waals surface area contributed by atoms with Crippen LogP contribution in [0.1, 0.15) is 56.1 Å². The van der Waals surface area contributed by atoms with Gasteiger partial charge in [0.25, 0.3) is 0 Å². The molecule has 2 aliphatic rings. The Morgan fingerprint density at radius 2 is 1.40 bits per heavy atom. The number of nitrogens with zero attached hydrogens (tertiary/aromatic N) is 2. The second-order valence-electron chi connectivity index (χ2n) is 18.9. The molecule has 3 nitrogen and oxygen atoms in total. The van der Waals surface area contributed by atoms with E-state index in [2.05, 4.69) is 226 Å². The molecule has 0 bridgehead atoms. The van der Waals surface area contributed by atoms with Crippen LogP contribution >= 0.6 is 0 Å². The molecule has 0 saturated carbocycles. The molecule has 0 aliphatic heterocycles. The van der Waals surface area contributed by atoms with E-state index in [0.717, 1.165) is 58.4 Å². The minimum atomic E-state index is -0.206. The van der Waals surface area contributed by atoms with Gasteiger partial charge in [-0.2, -0.15) is 0 Å². The fourth-order valence-electron chi connectivity index (χ4n) is 10.7. The Bertz CT molecular complexity index is 3690. The maximum atomic E-state index is 6.00. The number of hydrogen-bond acceptors (Lipinski definition) is 2. The van der Waals surface area contributed by atoms with Crippen LogP contribution in [0.25, 0.3) is 78.4 Å². The molecular formula is C69H60N2O. The van der Waals surface area contributed by atoms with Crippen molar-refractivity contribution in [2.24, 2.45) is 0 Å². The number of rotatable bonds is 16. The van der Waals surface area contributed by atoms with Gasteiger partial charge in [0.15, 0.2) is 0 Å². The molecule has 0 unspecified atom stereocenters. The van der Waals surface area contributed by atoms with E-state index in [1.54, 1.807) is 12.2 Å². The van der Waals surface area contributed by atoms with Crippen molar-refractivity contribution in [2.75, 3.05) is 11.4 Å². The molecule has 6 aromatic carbocycles. The SMILES string of the molecule is C=CC=CC=Cc1ccc(N(CC=CC(=CC)C(C=C)=CC=C)C2=CC3=C(CC2)c2ccc(-n4c5ccccc5c5cc(-c6ccc(-c7ccc8oc(C=CC=C)cc8c7)cc6)ccc54)cc2C3(C)C)cc1. The van der Waals surface area contributed by atoms with Crippen LogP contribution in [0.3, 0.4) is 0 Å². The summed E-state index contributed by atoms with van der Waals surface area (Å²) in [6.07, 6.45) is 32.2. The molecule has 0 radical (unpaired) electrons. The number of benzene rings is 6. The highest BCUT2D eigenvalue weighted by Crippen LogP contribution is 2.52.